The van der Waals surface area contributed by atoms with Crippen molar-refractivity contribution in [1.82, 2.24) is 9.88 Å². The summed E-state index contributed by atoms with van der Waals surface area (Å²) in [5.74, 6) is 0.670. The molecule has 1 aliphatic heterocycles. The van der Waals surface area contributed by atoms with Gasteiger partial charge in [-0.3, -0.25) is 0 Å². The Morgan fingerprint density at radius 1 is 1.55 bits per heavy atom. The molecule has 1 aromatic rings. The number of nitrogens with zero attached hydrogens (tertiary/aromatic N) is 2. The van der Waals surface area contributed by atoms with Crippen molar-refractivity contribution in [2.45, 2.75) is 38.8 Å². The lowest BCUT2D eigenvalue weighted by Crippen LogP contribution is -2.36. The van der Waals surface area contributed by atoms with Crippen molar-refractivity contribution >= 4 is 17.6 Å². The van der Waals surface area contributed by atoms with Gasteiger partial charge in [0.25, 0.3) is 0 Å². The minimum atomic E-state index is -0.464. The van der Waals surface area contributed by atoms with Gasteiger partial charge in [0.15, 0.2) is 0 Å². The summed E-state index contributed by atoms with van der Waals surface area (Å²) in [6.45, 7) is 6.88. The van der Waals surface area contributed by atoms with Crippen LogP contribution < -0.4 is 11.1 Å². The molecule has 1 atom stereocenters. The van der Waals surface area contributed by atoms with E-state index in [-0.39, 0.29) is 12.1 Å². The number of hydrogen-bond acceptors (Lipinski definition) is 5. The molecule has 1 fully saturated rings. The topological polar surface area (TPSA) is 80.5 Å². The summed E-state index contributed by atoms with van der Waals surface area (Å²) in [5, 5.41) is 3.27. The molecule has 6 heteroatoms. The van der Waals surface area contributed by atoms with Crippen LogP contribution in [-0.4, -0.2) is 40.7 Å². The highest BCUT2D eigenvalue weighted by Gasteiger charge is 2.30. The number of nitrogens with two attached hydrogens (primary N) is 1. The molecule has 1 aromatic heterocycles. The fourth-order valence-electron chi connectivity index (χ4n) is 2.10. The summed E-state index contributed by atoms with van der Waals surface area (Å²) >= 11 is 0. The Morgan fingerprint density at radius 3 is 2.95 bits per heavy atom. The van der Waals surface area contributed by atoms with Gasteiger partial charge in [0.05, 0.1) is 5.69 Å². The maximum Gasteiger partial charge on any atom is 0.410 e. The second kappa shape index (κ2) is 5.56. The van der Waals surface area contributed by atoms with Gasteiger partial charge in [0, 0.05) is 25.3 Å². The third-order valence-corrected chi connectivity index (χ3v) is 3.02. The van der Waals surface area contributed by atoms with E-state index in [1.165, 1.54) is 0 Å². The zero-order chi connectivity index (χ0) is 14.8. The van der Waals surface area contributed by atoms with Crippen LogP contribution in [-0.2, 0) is 4.74 Å². The summed E-state index contributed by atoms with van der Waals surface area (Å²) in [6.07, 6.45) is 2.28. The summed E-state index contributed by atoms with van der Waals surface area (Å²) in [6, 6.07) is 3.75. The molecule has 20 heavy (non-hydrogen) atoms. The minimum absolute atomic E-state index is 0.153. The predicted octanol–water partition coefficient (Wildman–Crippen LogP) is 2.09. The zero-order valence-electron chi connectivity index (χ0n) is 12.2. The molecule has 0 aromatic carbocycles. The van der Waals surface area contributed by atoms with Gasteiger partial charge in [-0.2, -0.15) is 0 Å². The molecule has 2 rings (SSSR count). The number of rotatable bonds is 2. The van der Waals surface area contributed by atoms with Crippen molar-refractivity contribution in [2.24, 2.45) is 0 Å². The van der Waals surface area contributed by atoms with Crippen LogP contribution >= 0.6 is 0 Å². The summed E-state index contributed by atoms with van der Waals surface area (Å²) in [5.41, 5.74) is 6.00. The number of pyridine rings is 1. The van der Waals surface area contributed by atoms with Crippen LogP contribution in [0.25, 0.3) is 0 Å². The Morgan fingerprint density at radius 2 is 2.30 bits per heavy atom. The van der Waals surface area contributed by atoms with Gasteiger partial charge in [-0.25, -0.2) is 9.78 Å². The average molecular weight is 278 g/mol. The van der Waals surface area contributed by atoms with E-state index in [1.807, 2.05) is 20.8 Å². The number of ether oxygens (including phenoxy) is 1. The third kappa shape index (κ3) is 3.76. The van der Waals surface area contributed by atoms with Gasteiger partial charge in [-0.1, -0.05) is 0 Å². The maximum atomic E-state index is 12.0. The number of hydrogen-bond donors (Lipinski definition) is 2. The van der Waals surface area contributed by atoms with Gasteiger partial charge < -0.3 is 20.7 Å². The first-order valence-electron chi connectivity index (χ1n) is 6.80. The molecular formula is C14H22N4O2. The number of likely N-dealkylation sites (tertiary alicyclic amines) is 1. The van der Waals surface area contributed by atoms with Gasteiger partial charge in [0.2, 0.25) is 0 Å². The highest BCUT2D eigenvalue weighted by Crippen LogP contribution is 2.20. The molecule has 3 N–H and O–H groups in total. The van der Waals surface area contributed by atoms with Crippen molar-refractivity contribution in [3.63, 3.8) is 0 Å². The molecule has 0 spiro atoms. The lowest BCUT2D eigenvalue weighted by molar-refractivity contribution is 0.0293. The van der Waals surface area contributed by atoms with Gasteiger partial charge in [-0.15, -0.1) is 0 Å². The quantitative estimate of drug-likeness (QED) is 0.865. The standard InChI is InChI=1S/C14H22N4O2/c1-14(2,3)20-13(19)18-8-6-10(9-18)17-12-11(15)5-4-7-16-12/h4-5,7,10H,6,8-9,15H2,1-3H3,(H,16,17)/t10-/m0/s1. The van der Waals surface area contributed by atoms with Crippen LogP contribution in [0.15, 0.2) is 18.3 Å². The molecule has 2 heterocycles. The van der Waals surface area contributed by atoms with Crippen LogP contribution in [0.1, 0.15) is 27.2 Å². The monoisotopic (exact) mass is 278 g/mol. The Kier molecular flexibility index (Phi) is 4.01. The van der Waals surface area contributed by atoms with E-state index in [9.17, 15) is 4.79 Å². The molecule has 0 saturated carbocycles. The van der Waals surface area contributed by atoms with Crippen molar-refractivity contribution in [3.05, 3.63) is 18.3 Å². The Balaban J connectivity index is 1.90. The van der Waals surface area contributed by atoms with E-state index in [2.05, 4.69) is 10.3 Å². The molecule has 6 nitrogen and oxygen atoms in total. The van der Waals surface area contributed by atoms with Crippen molar-refractivity contribution in [2.75, 3.05) is 24.1 Å². The molecule has 0 radical (unpaired) electrons. The lowest BCUT2D eigenvalue weighted by atomic mass is 10.2. The number of anilines is 2. The highest BCUT2D eigenvalue weighted by molar-refractivity contribution is 5.69. The Bertz CT molecular complexity index is 484. The highest BCUT2D eigenvalue weighted by atomic mass is 16.6. The van der Waals surface area contributed by atoms with E-state index in [0.717, 1.165) is 6.42 Å². The van der Waals surface area contributed by atoms with Crippen LogP contribution in [0.2, 0.25) is 0 Å². The normalized spacial score (nSPS) is 18.9. The average Bonchev–Trinajstić information content (AvgIpc) is 2.79. The largest absolute Gasteiger partial charge is 0.444 e. The number of carbonyl (C=O) groups excluding carboxylic acids is 1. The number of amides is 1. The number of carbonyl (C=O) groups is 1. The number of nitrogens with one attached hydrogen (secondary N) is 1. The van der Waals surface area contributed by atoms with Crippen LogP contribution in [0.5, 0.6) is 0 Å². The fraction of sp³-hybridized carbons (Fsp3) is 0.571. The maximum absolute atomic E-state index is 12.0. The molecule has 110 valence electrons. The second-order valence-electron chi connectivity index (χ2n) is 6.00. The summed E-state index contributed by atoms with van der Waals surface area (Å²) in [7, 11) is 0. The first-order valence-corrected chi connectivity index (χ1v) is 6.80. The second-order valence-corrected chi connectivity index (χ2v) is 6.00. The Hall–Kier alpha value is -1.98. The van der Waals surface area contributed by atoms with E-state index < -0.39 is 5.60 Å². The zero-order valence-corrected chi connectivity index (χ0v) is 12.2. The van der Waals surface area contributed by atoms with Gasteiger partial charge >= 0.3 is 6.09 Å². The van der Waals surface area contributed by atoms with Gasteiger partial charge in [0.1, 0.15) is 11.4 Å². The molecule has 1 amide bonds. The fourth-order valence-corrected chi connectivity index (χ4v) is 2.10. The smallest absolute Gasteiger partial charge is 0.410 e. The van der Waals surface area contributed by atoms with Crippen molar-refractivity contribution < 1.29 is 9.53 Å². The van der Waals surface area contributed by atoms with E-state index in [1.54, 1.807) is 23.2 Å². The Labute approximate surface area is 119 Å². The molecular weight excluding hydrogens is 256 g/mol. The van der Waals surface area contributed by atoms with Crippen LogP contribution in [0.3, 0.4) is 0 Å². The summed E-state index contributed by atoms with van der Waals surface area (Å²) in [4.78, 5) is 17.9. The number of aromatic nitrogens is 1. The predicted molar refractivity (Wildman–Crippen MR) is 78.5 cm³/mol. The minimum Gasteiger partial charge on any atom is -0.444 e. The van der Waals surface area contributed by atoms with Gasteiger partial charge in [-0.05, 0) is 39.3 Å². The molecule has 1 saturated heterocycles. The first kappa shape index (κ1) is 14.4. The first-order chi connectivity index (χ1) is 9.35. The molecule has 0 aliphatic carbocycles. The SMILES string of the molecule is CC(C)(C)OC(=O)N1CC[C@H](Nc2ncccc2N)C1. The van der Waals surface area contributed by atoms with E-state index in [4.69, 9.17) is 10.5 Å². The molecule has 0 unspecified atom stereocenters. The van der Waals surface area contributed by atoms with Crippen molar-refractivity contribution in [1.29, 1.82) is 0 Å². The third-order valence-electron chi connectivity index (χ3n) is 3.02. The van der Waals surface area contributed by atoms with Crippen LogP contribution in [0.4, 0.5) is 16.3 Å². The molecule has 1 aliphatic rings. The molecule has 0 bridgehead atoms. The lowest BCUT2D eigenvalue weighted by Gasteiger charge is -2.24. The van der Waals surface area contributed by atoms with Crippen molar-refractivity contribution in [3.8, 4) is 0 Å². The van der Waals surface area contributed by atoms with E-state index >= 15 is 0 Å². The summed E-state index contributed by atoms with van der Waals surface area (Å²) < 4.78 is 5.36. The van der Waals surface area contributed by atoms with Crippen LogP contribution in [0, 0.1) is 0 Å². The number of nitrogen functional groups attached to an aromatic ring is 1. The van der Waals surface area contributed by atoms with E-state index in [0.29, 0.717) is 24.6 Å².